The first-order chi connectivity index (χ1) is 8.22. The number of carbonyl (C=O) groups excluding carboxylic acids is 2. The van der Waals surface area contributed by atoms with Crippen LogP contribution in [0.5, 0.6) is 0 Å². The summed E-state index contributed by atoms with van der Waals surface area (Å²) >= 11 is 0. The van der Waals surface area contributed by atoms with Crippen molar-refractivity contribution in [2.75, 3.05) is 20.2 Å². The average molecular weight is 242 g/mol. The molecule has 5 nitrogen and oxygen atoms in total. The van der Waals surface area contributed by atoms with Gasteiger partial charge in [0.15, 0.2) is 0 Å². The van der Waals surface area contributed by atoms with Gasteiger partial charge in [0.1, 0.15) is 0 Å². The fraction of sp³-hybridized carbons (Fsp3) is 0.833. The lowest BCUT2D eigenvalue weighted by molar-refractivity contribution is -0.140. The number of amides is 1. The SMILES string of the molecule is COC(=O)CCCNCCCC(=O)NC1CC1. The van der Waals surface area contributed by atoms with Crippen molar-refractivity contribution >= 4 is 11.9 Å². The molecule has 0 bridgehead atoms. The molecule has 0 aromatic heterocycles. The van der Waals surface area contributed by atoms with Crippen LogP contribution in [0, 0.1) is 0 Å². The van der Waals surface area contributed by atoms with E-state index in [4.69, 9.17) is 0 Å². The molecule has 1 saturated carbocycles. The van der Waals surface area contributed by atoms with E-state index in [1.165, 1.54) is 7.11 Å². The molecule has 0 unspecified atom stereocenters. The summed E-state index contributed by atoms with van der Waals surface area (Å²) in [5, 5.41) is 6.15. The van der Waals surface area contributed by atoms with E-state index in [1.807, 2.05) is 0 Å². The highest BCUT2D eigenvalue weighted by Crippen LogP contribution is 2.18. The fourth-order valence-corrected chi connectivity index (χ4v) is 1.49. The molecule has 0 radical (unpaired) electrons. The molecule has 0 aromatic carbocycles. The minimum atomic E-state index is -0.171. The highest BCUT2D eigenvalue weighted by Gasteiger charge is 2.22. The summed E-state index contributed by atoms with van der Waals surface area (Å²) < 4.78 is 4.53. The first-order valence-electron chi connectivity index (χ1n) is 6.29. The normalized spacial score (nSPS) is 14.4. The van der Waals surface area contributed by atoms with Gasteiger partial charge in [-0.1, -0.05) is 0 Å². The molecule has 0 atom stereocenters. The van der Waals surface area contributed by atoms with E-state index < -0.39 is 0 Å². The lowest BCUT2D eigenvalue weighted by Crippen LogP contribution is -2.26. The van der Waals surface area contributed by atoms with E-state index >= 15 is 0 Å². The molecule has 1 aliphatic rings. The van der Waals surface area contributed by atoms with E-state index in [0.717, 1.165) is 38.8 Å². The molecule has 1 aliphatic carbocycles. The van der Waals surface area contributed by atoms with Gasteiger partial charge in [0, 0.05) is 18.9 Å². The zero-order valence-electron chi connectivity index (χ0n) is 10.5. The number of ether oxygens (including phenoxy) is 1. The molecule has 1 amide bonds. The van der Waals surface area contributed by atoms with E-state index in [1.54, 1.807) is 0 Å². The predicted octanol–water partition coefficient (Wildman–Crippen LogP) is 0.588. The molecule has 0 aliphatic heterocycles. The third-order valence-corrected chi connectivity index (χ3v) is 2.66. The molecular formula is C12H22N2O3. The van der Waals surface area contributed by atoms with Crippen LogP contribution in [0.15, 0.2) is 0 Å². The topological polar surface area (TPSA) is 67.4 Å². The van der Waals surface area contributed by atoms with Gasteiger partial charge in [0.05, 0.1) is 7.11 Å². The maximum Gasteiger partial charge on any atom is 0.305 e. The van der Waals surface area contributed by atoms with Crippen molar-refractivity contribution in [2.24, 2.45) is 0 Å². The quantitative estimate of drug-likeness (QED) is 0.458. The zero-order valence-corrected chi connectivity index (χ0v) is 10.5. The standard InChI is InChI=1S/C12H22N2O3/c1-17-12(16)5-3-9-13-8-2-4-11(15)14-10-6-7-10/h10,13H,2-9H2,1H3,(H,14,15). The molecule has 2 N–H and O–H groups in total. The Balaban J connectivity index is 1.80. The number of nitrogens with one attached hydrogen (secondary N) is 2. The van der Waals surface area contributed by atoms with Crippen molar-refractivity contribution in [1.29, 1.82) is 0 Å². The summed E-state index contributed by atoms with van der Waals surface area (Å²) in [6.07, 6.45) is 4.93. The summed E-state index contributed by atoms with van der Waals surface area (Å²) in [5.41, 5.74) is 0. The summed E-state index contributed by atoms with van der Waals surface area (Å²) in [4.78, 5) is 22.1. The van der Waals surface area contributed by atoms with Gasteiger partial charge in [-0.25, -0.2) is 0 Å². The Bertz CT molecular complexity index is 252. The second kappa shape index (κ2) is 8.06. The van der Waals surface area contributed by atoms with Crippen LogP contribution in [0.4, 0.5) is 0 Å². The molecule has 1 rings (SSSR count). The van der Waals surface area contributed by atoms with Gasteiger partial charge >= 0.3 is 5.97 Å². The van der Waals surface area contributed by atoms with Gasteiger partial charge in [0.2, 0.25) is 5.91 Å². The maximum atomic E-state index is 11.3. The van der Waals surface area contributed by atoms with Gasteiger partial charge in [-0.3, -0.25) is 9.59 Å². The highest BCUT2D eigenvalue weighted by molar-refractivity contribution is 5.76. The zero-order chi connectivity index (χ0) is 12.5. The summed E-state index contributed by atoms with van der Waals surface area (Å²) in [6.45, 7) is 1.61. The predicted molar refractivity (Wildman–Crippen MR) is 64.5 cm³/mol. The van der Waals surface area contributed by atoms with Crippen LogP contribution in [-0.4, -0.2) is 38.1 Å². The second-order valence-corrected chi connectivity index (χ2v) is 4.38. The van der Waals surface area contributed by atoms with Crippen molar-refractivity contribution in [2.45, 2.75) is 44.6 Å². The largest absolute Gasteiger partial charge is 0.469 e. The van der Waals surface area contributed by atoms with Crippen molar-refractivity contribution < 1.29 is 14.3 Å². The van der Waals surface area contributed by atoms with Gasteiger partial charge < -0.3 is 15.4 Å². The van der Waals surface area contributed by atoms with Crippen LogP contribution in [0.3, 0.4) is 0 Å². The average Bonchev–Trinajstić information content (AvgIpc) is 3.11. The van der Waals surface area contributed by atoms with Gasteiger partial charge in [-0.2, -0.15) is 0 Å². The third kappa shape index (κ3) is 7.74. The molecule has 0 spiro atoms. The number of esters is 1. The van der Waals surface area contributed by atoms with Crippen LogP contribution in [0.2, 0.25) is 0 Å². The summed E-state index contributed by atoms with van der Waals surface area (Å²) in [6, 6.07) is 0.454. The minimum absolute atomic E-state index is 0.156. The van der Waals surface area contributed by atoms with Crippen molar-refractivity contribution in [3.8, 4) is 0 Å². The molecule has 0 aromatic rings. The fourth-order valence-electron chi connectivity index (χ4n) is 1.49. The van der Waals surface area contributed by atoms with Gasteiger partial charge in [0.25, 0.3) is 0 Å². The van der Waals surface area contributed by atoms with Gasteiger partial charge in [-0.15, -0.1) is 0 Å². The second-order valence-electron chi connectivity index (χ2n) is 4.38. The number of methoxy groups -OCH3 is 1. The van der Waals surface area contributed by atoms with Crippen molar-refractivity contribution in [3.05, 3.63) is 0 Å². The van der Waals surface area contributed by atoms with Crippen LogP contribution >= 0.6 is 0 Å². The van der Waals surface area contributed by atoms with E-state index in [2.05, 4.69) is 15.4 Å². The Morgan fingerprint density at radius 1 is 1.18 bits per heavy atom. The number of rotatable bonds is 9. The summed E-state index contributed by atoms with van der Waals surface area (Å²) in [7, 11) is 1.40. The van der Waals surface area contributed by atoms with E-state index in [9.17, 15) is 9.59 Å². The lowest BCUT2D eigenvalue weighted by Gasteiger charge is -2.05. The number of carbonyl (C=O) groups is 2. The Labute approximate surface area is 102 Å². The number of hydrogen-bond donors (Lipinski definition) is 2. The molecule has 5 heteroatoms. The van der Waals surface area contributed by atoms with E-state index in [-0.39, 0.29) is 11.9 Å². The molecule has 0 saturated heterocycles. The van der Waals surface area contributed by atoms with Crippen LogP contribution < -0.4 is 10.6 Å². The van der Waals surface area contributed by atoms with Crippen LogP contribution in [-0.2, 0) is 14.3 Å². The first kappa shape index (κ1) is 14.0. The Hall–Kier alpha value is -1.10. The van der Waals surface area contributed by atoms with E-state index in [0.29, 0.717) is 18.9 Å². The summed E-state index contributed by atoms with van der Waals surface area (Å²) in [5.74, 6) is -0.0144. The maximum absolute atomic E-state index is 11.3. The van der Waals surface area contributed by atoms with Crippen LogP contribution in [0.1, 0.15) is 38.5 Å². The Morgan fingerprint density at radius 3 is 2.41 bits per heavy atom. The minimum Gasteiger partial charge on any atom is -0.469 e. The smallest absolute Gasteiger partial charge is 0.305 e. The molecule has 17 heavy (non-hydrogen) atoms. The Kier molecular flexibility index (Phi) is 6.62. The first-order valence-corrected chi connectivity index (χ1v) is 6.29. The third-order valence-electron chi connectivity index (χ3n) is 2.66. The van der Waals surface area contributed by atoms with Gasteiger partial charge in [-0.05, 0) is 38.8 Å². The molecule has 98 valence electrons. The van der Waals surface area contributed by atoms with Crippen LogP contribution in [0.25, 0.3) is 0 Å². The number of hydrogen-bond acceptors (Lipinski definition) is 4. The monoisotopic (exact) mass is 242 g/mol. The Morgan fingerprint density at radius 2 is 1.82 bits per heavy atom. The molecule has 1 fully saturated rings. The van der Waals surface area contributed by atoms with Crippen molar-refractivity contribution in [1.82, 2.24) is 10.6 Å². The highest BCUT2D eigenvalue weighted by atomic mass is 16.5. The van der Waals surface area contributed by atoms with Crippen molar-refractivity contribution in [3.63, 3.8) is 0 Å². The molecular weight excluding hydrogens is 220 g/mol. The molecule has 0 heterocycles. The lowest BCUT2D eigenvalue weighted by atomic mass is 10.2.